The quantitative estimate of drug-likeness (QED) is 0.233. The number of carbonyl (C=O) groups is 1. The van der Waals surface area contributed by atoms with Crippen LogP contribution in [0, 0.1) is 0 Å². The van der Waals surface area contributed by atoms with E-state index in [1.807, 2.05) is 10.7 Å². The number of nitrogens with zero attached hydrogens (tertiary/aromatic N) is 5. The number of hydrogen-bond donors (Lipinski definition) is 4. The Hall–Kier alpha value is -4.97. The summed E-state index contributed by atoms with van der Waals surface area (Å²) in [4.78, 5) is 35.4. The first-order valence-corrected chi connectivity index (χ1v) is 13.1. The molecule has 4 N–H and O–H groups in total. The van der Waals surface area contributed by atoms with Gasteiger partial charge in [0.2, 0.25) is 0 Å². The van der Waals surface area contributed by atoms with Crippen molar-refractivity contribution < 1.29 is 14.6 Å². The summed E-state index contributed by atoms with van der Waals surface area (Å²) >= 11 is 0. The van der Waals surface area contributed by atoms with Gasteiger partial charge in [-0.1, -0.05) is 6.07 Å². The molecule has 40 heavy (non-hydrogen) atoms. The fourth-order valence-corrected chi connectivity index (χ4v) is 4.87. The van der Waals surface area contributed by atoms with Crippen molar-refractivity contribution in [1.82, 2.24) is 29.5 Å². The lowest BCUT2D eigenvalue weighted by atomic mass is 10.1. The molecule has 1 aliphatic heterocycles. The molecule has 0 saturated heterocycles. The fourth-order valence-electron chi connectivity index (χ4n) is 4.87. The number of pyridine rings is 2. The summed E-state index contributed by atoms with van der Waals surface area (Å²) in [5.74, 6) is 1.62. The van der Waals surface area contributed by atoms with Crippen LogP contribution in [0.25, 0.3) is 16.9 Å². The minimum absolute atomic E-state index is 0.141. The van der Waals surface area contributed by atoms with E-state index in [9.17, 15) is 14.7 Å². The molecule has 5 heterocycles. The lowest BCUT2D eigenvalue weighted by Crippen LogP contribution is -2.26. The van der Waals surface area contributed by atoms with Crippen LogP contribution >= 0.6 is 0 Å². The molecule has 4 aromatic heterocycles. The van der Waals surface area contributed by atoms with Gasteiger partial charge in [0, 0.05) is 37.2 Å². The van der Waals surface area contributed by atoms with E-state index in [2.05, 4.69) is 30.8 Å². The molecule has 1 aliphatic rings. The monoisotopic (exact) mass is 540 g/mol. The van der Waals surface area contributed by atoms with E-state index < -0.39 is 12.0 Å². The third kappa shape index (κ3) is 4.80. The van der Waals surface area contributed by atoms with Crippen LogP contribution in [0.4, 0.5) is 11.5 Å². The number of amides is 1. The van der Waals surface area contributed by atoms with E-state index in [1.165, 1.54) is 4.68 Å². The fraction of sp³-hybridized carbons (Fsp3) is 0.250. The number of ether oxygens (including phenoxy) is 1. The van der Waals surface area contributed by atoms with Gasteiger partial charge in [-0.2, -0.15) is 9.78 Å². The molecule has 12 heteroatoms. The second-order valence-electron chi connectivity index (χ2n) is 9.62. The van der Waals surface area contributed by atoms with Crippen molar-refractivity contribution in [3.05, 3.63) is 82.5 Å². The Kier molecular flexibility index (Phi) is 6.74. The highest BCUT2D eigenvalue weighted by atomic mass is 16.5. The van der Waals surface area contributed by atoms with Crippen LogP contribution < -0.4 is 20.9 Å². The third-order valence-corrected chi connectivity index (χ3v) is 6.70. The molecule has 0 saturated carbocycles. The van der Waals surface area contributed by atoms with Crippen molar-refractivity contribution in [2.75, 3.05) is 17.2 Å². The topological polar surface area (TPSA) is 152 Å². The number of benzene rings is 1. The van der Waals surface area contributed by atoms with Crippen molar-refractivity contribution in [2.45, 2.75) is 38.8 Å². The third-order valence-electron chi connectivity index (χ3n) is 6.70. The minimum Gasteiger partial charge on any atom is -0.456 e. The maximum atomic E-state index is 13.4. The second kappa shape index (κ2) is 10.7. The van der Waals surface area contributed by atoms with Crippen LogP contribution in [0.5, 0.6) is 11.5 Å². The number of H-pyrrole nitrogens is 1. The molecule has 204 valence electrons. The van der Waals surface area contributed by atoms with E-state index in [-0.39, 0.29) is 11.1 Å². The van der Waals surface area contributed by atoms with Crippen molar-refractivity contribution in [1.29, 1.82) is 0 Å². The largest absolute Gasteiger partial charge is 0.456 e. The summed E-state index contributed by atoms with van der Waals surface area (Å²) in [6.07, 6.45) is 5.17. The maximum absolute atomic E-state index is 13.4. The minimum atomic E-state index is -0.550. The number of aliphatic hydroxyl groups is 1. The molecule has 1 amide bonds. The first kappa shape index (κ1) is 25.3. The normalized spacial score (nSPS) is 13.6. The van der Waals surface area contributed by atoms with Crippen molar-refractivity contribution in [3.63, 3.8) is 0 Å². The summed E-state index contributed by atoms with van der Waals surface area (Å²) in [5, 5.41) is 23.3. The molecule has 0 radical (unpaired) electrons. The Morgan fingerprint density at radius 2 is 1.98 bits per heavy atom. The van der Waals surface area contributed by atoms with Gasteiger partial charge in [0.25, 0.3) is 11.5 Å². The first-order valence-electron chi connectivity index (χ1n) is 13.1. The van der Waals surface area contributed by atoms with Gasteiger partial charge in [-0.25, -0.2) is 9.97 Å². The Morgan fingerprint density at radius 3 is 2.75 bits per heavy atom. The zero-order valence-corrected chi connectivity index (χ0v) is 21.8. The van der Waals surface area contributed by atoms with Crippen LogP contribution in [-0.2, 0) is 13.0 Å². The van der Waals surface area contributed by atoms with Crippen LogP contribution in [0.1, 0.15) is 35.8 Å². The molecular formula is C28H28N8O4. The second-order valence-corrected chi connectivity index (χ2v) is 9.62. The van der Waals surface area contributed by atoms with E-state index >= 15 is 0 Å². The zero-order chi connectivity index (χ0) is 27.6. The number of aliphatic hydroxyl groups excluding tert-OH is 1. The zero-order valence-electron chi connectivity index (χ0n) is 21.8. The standard InChI is InChI=1S/C28H28N8O4/c1-17(37)16-31-26-24-21(12-14-30-25(24)33-34-26)40-19-10-8-18(9-11-19)32-27(38)23-20-6-3-5-15-35(20)36(28(23)39)22-7-2-4-13-29-22/h2,4,7-14,17,37H,3,5-6,15-16H2,1H3,(H,32,38)(H2,30,31,33,34)/t17-/m0/s1. The SMILES string of the molecule is C[C@H](O)CNc1n[nH]c2nccc(Oc3ccc(NC(=O)c4c5n(n(-c6ccccn6)c4=O)CCCC5)cc3)c12. The molecule has 0 aliphatic carbocycles. The molecule has 0 unspecified atom stereocenters. The molecule has 1 atom stereocenters. The van der Waals surface area contributed by atoms with E-state index in [0.717, 1.165) is 18.5 Å². The van der Waals surface area contributed by atoms with Crippen molar-refractivity contribution >= 4 is 28.4 Å². The van der Waals surface area contributed by atoms with Crippen LogP contribution in [-0.4, -0.2) is 53.2 Å². The average molecular weight is 541 g/mol. The molecule has 12 nitrogen and oxygen atoms in total. The lowest BCUT2D eigenvalue weighted by molar-refractivity contribution is 0.102. The summed E-state index contributed by atoms with van der Waals surface area (Å²) in [7, 11) is 0. The van der Waals surface area contributed by atoms with Crippen LogP contribution in [0.2, 0.25) is 0 Å². The first-order chi connectivity index (χ1) is 19.5. The molecule has 0 fully saturated rings. The Bertz CT molecular complexity index is 1720. The van der Waals surface area contributed by atoms with Gasteiger partial charge in [0.1, 0.15) is 22.4 Å². The van der Waals surface area contributed by atoms with Gasteiger partial charge >= 0.3 is 0 Å². The highest BCUT2D eigenvalue weighted by Crippen LogP contribution is 2.33. The summed E-state index contributed by atoms with van der Waals surface area (Å²) in [6.45, 7) is 2.65. The Morgan fingerprint density at radius 1 is 1.12 bits per heavy atom. The van der Waals surface area contributed by atoms with Gasteiger partial charge in [0.05, 0.1) is 11.8 Å². The molecule has 5 aromatic rings. The van der Waals surface area contributed by atoms with Crippen molar-refractivity contribution in [3.8, 4) is 17.3 Å². The van der Waals surface area contributed by atoms with Gasteiger partial charge < -0.3 is 20.5 Å². The van der Waals surface area contributed by atoms with Gasteiger partial charge in [-0.05, 0) is 62.6 Å². The van der Waals surface area contributed by atoms with E-state index in [0.29, 0.717) is 59.4 Å². The summed E-state index contributed by atoms with van der Waals surface area (Å²) < 4.78 is 9.48. The maximum Gasteiger partial charge on any atom is 0.285 e. The summed E-state index contributed by atoms with van der Waals surface area (Å²) in [5.41, 5.74) is 1.55. The van der Waals surface area contributed by atoms with Gasteiger partial charge in [-0.3, -0.25) is 19.4 Å². The van der Waals surface area contributed by atoms with E-state index in [1.54, 1.807) is 61.8 Å². The number of carbonyl (C=O) groups excluding carboxylic acids is 1. The molecular weight excluding hydrogens is 512 g/mol. The number of aromatic nitrogens is 6. The number of nitrogens with one attached hydrogen (secondary N) is 3. The predicted octanol–water partition coefficient (Wildman–Crippen LogP) is 3.48. The summed E-state index contributed by atoms with van der Waals surface area (Å²) in [6, 6.07) is 14.0. The number of fused-ring (bicyclic) bond motifs is 2. The molecule has 1 aromatic carbocycles. The number of rotatable bonds is 8. The highest BCUT2D eigenvalue weighted by Gasteiger charge is 2.28. The smallest absolute Gasteiger partial charge is 0.285 e. The molecule has 0 spiro atoms. The Labute approximate surface area is 228 Å². The van der Waals surface area contributed by atoms with Gasteiger partial charge in [-0.15, -0.1) is 0 Å². The highest BCUT2D eigenvalue weighted by molar-refractivity contribution is 6.05. The number of hydrogen-bond acceptors (Lipinski definition) is 8. The van der Waals surface area contributed by atoms with Crippen LogP contribution in [0.15, 0.2) is 65.7 Å². The molecule has 0 bridgehead atoms. The molecule has 6 rings (SSSR count). The van der Waals surface area contributed by atoms with Gasteiger partial charge in [0.15, 0.2) is 17.3 Å². The number of aromatic amines is 1. The average Bonchev–Trinajstić information content (AvgIpc) is 3.52. The Balaban J connectivity index is 1.23. The number of anilines is 2. The predicted molar refractivity (Wildman–Crippen MR) is 149 cm³/mol. The lowest BCUT2D eigenvalue weighted by Gasteiger charge is -2.18. The van der Waals surface area contributed by atoms with Crippen molar-refractivity contribution in [2.24, 2.45) is 0 Å². The van der Waals surface area contributed by atoms with E-state index in [4.69, 9.17) is 4.74 Å². The van der Waals surface area contributed by atoms with Crippen LogP contribution in [0.3, 0.4) is 0 Å².